The molecule has 1 amide bonds. The van der Waals surface area contributed by atoms with E-state index in [0.29, 0.717) is 0 Å². The fourth-order valence-corrected chi connectivity index (χ4v) is 2.95. The van der Waals surface area contributed by atoms with Crippen molar-refractivity contribution in [3.63, 3.8) is 0 Å². The second kappa shape index (κ2) is 6.62. The number of rotatable bonds is 6. The van der Waals surface area contributed by atoms with Crippen LogP contribution in [0.5, 0.6) is 0 Å². The van der Waals surface area contributed by atoms with Crippen LogP contribution < -0.4 is 5.32 Å². The average molecular weight is 313 g/mol. The van der Waals surface area contributed by atoms with Crippen molar-refractivity contribution in [1.82, 2.24) is 5.32 Å². The van der Waals surface area contributed by atoms with Crippen molar-refractivity contribution in [1.29, 1.82) is 0 Å². The molecule has 0 saturated carbocycles. The lowest BCUT2D eigenvalue weighted by Crippen LogP contribution is -2.42. The summed E-state index contributed by atoms with van der Waals surface area (Å²) in [6.45, 7) is 0. The maximum atomic E-state index is 12.3. The number of hydrogen-bond acceptors (Lipinski definition) is 3. The van der Waals surface area contributed by atoms with E-state index in [0.717, 1.165) is 15.6 Å². The third kappa shape index (κ3) is 3.98. The summed E-state index contributed by atoms with van der Waals surface area (Å²) in [4.78, 5) is 22.7. The first-order valence-corrected chi connectivity index (χ1v) is 7.10. The molecule has 2 aromatic rings. The van der Waals surface area contributed by atoms with Crippen LogP contribution in [0.4, 0.5) is 8.78 Å². The van der Waals surface area contributed by atoms with Gasteiger partial charge in [0.1, 0.15) is 6.04 Å². The van der Waals surface area contributed by atoms with Gasteiger partial charge in [0, 0.05) is 11.1 Å². The number of hydrogen-bond donors (Lipinski definition) is 2. The van der Waals surface area contributed by atoms with Crippen LogP contribution >= 0.6 is 11.3 Å². The Hall–Kier alpha value is -2.02. The molecular formula is C14H13F2NO3S. The molecule has 2 rings (SSSR count). The number of nitrogens with one attached hydrogen (secondary N) is 1. The molecule has 0 fully saturated rings. The van der Waals surface area contributed by atoms with E-state index in [1.165, 1.54) is 11.3 Å². The maximum Gasteiger partial charge on any atom is 0.326 e. The number of carbonyl (C=O) groups is 2. The van der Waals surface area contributed by atoms with Crippen LogP contribution in [0.2, 0.25) is 0 Å². The average Bonchev–Trinajstić information content (AvgIpc) is 2.81. The zero-order chi connectivity index (χ0) is 15.4. The predicted octanol–water partition coefficient (Wildman–Crippen LogP) is 2.67. The van der Waals surface area contributed by atoms with Gasteiger partial charge in [-0.2, -0.15) is 0 Å². The van der Waals surface area contributed by atoms with Crippen molar-refractivity contribution in [2.75, 3.05) is 0 Å². The predicted molar refractivity (Wildman–Crippen MR) is 75.7 cm³/mol. The number of carboxylic acids is 1. The molecule has 0 aliphatic heterocycles. The van der Waals surface area contributed by atoms with Gasteiger partial charge >= 0.3 is 5.97 Å². The Morgan fingerprint density at radius 2 is 2.00 bits per heavy atom. The minimum atomic E-state index is -2.78. The Labute approximate surface area is 123 Å². The highest BCUT2D eigenvalue weighted by Crippen LogP contribution is 2.25. The normalized spacial score (nSPS) is 12.5. The molecule has 1 atom stereocenters. The largest absolute Gasteiger partial charge is 0.480 e. The van der Waals surface area contributed by atoms with Gasteiger partial charge in [-0.15, -0.1) is 11.3 Å². The Morgan fingerprint density at radius 3 is 2.67 bits per heavy atom. The number of alkyl halides is 2. The van der Waals surface area contributed by atoms with Crippen LogP contribution in [0.25, 0.3) is 10.1 Å². The van der Waals surface area contributed by atoms with Gasteiger partial charge in [0.2, 0.25) is 12.3 Å². The molecule has 0 bridgehead atoms. The summed E-state index contributed by atoms with van der Waals surface area (Å²) in [5, 5.41) is 13.7. The van der Waals surface area contributed by atoms with E-state index in [-0.39, 0.29) is 6.42 Å². The highest BCUT2D eigenvalue weighted by molar-refractivity contribution is 7.17. The van der Waals surface area contributed by atoms with Gasteiger partial charge in [-0.05, 0) is 22.4 Å². The zero-order valence-electron chi connectivity index (χ0n) is 10.9. The van der Waals surface area contributed by atoms with E-state index in [1.54, 1.807) is 0 Å². The molecule has 112 valence electrons. The molecule has 0 radical (unpaired) electrons. The first-order chi connectivity index (χ1) is 9.97. The lowest BCUT2D eigenvalue weighted by atomic mass is 10.1. The van der Waals surface area contributed by atoms with Gasteiger partial charge in [-0.3, -0.25) is 4.79 Å². The van der Waals surface area contributed by atoms with E-state index >= 15 is 0 Å². The quantitative estimate of drug-likeness (QED) is 0.861. The lowest BCUT2D eigenvalue weighted by molar-refractivity contribution is -0.142. The summed E-state index contributed by atoms with van der Waals surface area (Å²) < 4.78 is 25.6. The molecule has 1 heterocycles. The number of amides is 1. The monoisotopic (exact) mass is 313 g/mol. The summed E-state index contributed by atoms with van der Waals surface area (Å²) in [7, 11) is 0. The van der Waals surface area contributed by atoms with Crippen LogP contribution in [0, 0.1) is 0 Å². The number of benzene rings is 1. The van der Waals surface area contributed by atoms with Crippen LogP contribution in [0.15, 0.2) is 29.6 Å². The lowest BCUT2D eigenvalue weighted by Gasteiger charge is -2.13. The fraction of sp³-hybridized carbons (Fsp3) is 0.286. The fourth-order valence-electron chi connectivity index (χ4n) is 1.99. The Bertz CT molecular complexity index is 656. The molecular weight excluding hydrogens is 300 g/mol. The number of carboxylic acid groups (broad SMARTS) is 1. The third-order valence-corrected chi connectivity index (χ3v) is 3.97. The van der Waals surface area contributed by atoms with Crippen molar-refractivity contribution in [3.05, 3.63) is 35.2 Å². The molecule has 2 N–H and O–H groups in total. The Morgan fingerprint density at radius 1 is 1.29 bits per heavy atom. The van der Waals surface area contributed by atoms with Crippen LogP contribution in [-0.2, 0) is 16.0 Å². The highest BCUT2D eigenvalue weighted by atomic mass is 32.1. The molecule has 0 aliphatic rings. The van der Waals surface area contributed by atoms with Crippen molar-refractivity contribution in [2.45, 2.75) is 25.3 Å². The molecule has 1 unspecified atom stereocenters. The zero-order valence-corrected chi connectivity index (χ0v) is 11.7. The van der Waals surface area contributed by atoms with E-state index < -0.39 is 30.8 Å². The molecule has 21 heavy (non-hydrogen) atoms. The van der Waals surface area contributed by atoms with Crippen molar-refractivity contribution < 1.29 is 23.5 Å². The van der Waals surface area contributed by atoms with E-state index in [4.69, 9.17) is 5.11 Å². The van der Waals surface area contributed by atoms with Crippen molar-refractivity contribution in [3.8, 4) is 0 Å². The van der Waals surface area contributed by atoms with Gasteiger partial charge in [-0.1, -0.05) is 18.2 Å². The van der Waals surface area contributed by atoms with E-state index in [2.05, 4.69) is 5.32 Å². The van der Waals surface area contributed by atoms with Crippen molar-refractivity contribution >= 4 is 33.3 Å². The first kappa shape index (κ1) is 15.4. The second-order valence-corrected chi connectivity index (χ2v) is 5.43. The van der Waals surface area contributed by atoms with Gasteiger partial charge < -0.3 is 10.4 Å². The van der Waals surface area contributed by atoms with Crippen LogP contribution in [0.1, 0.15) is 12.0 Å². The maximum absolute atomic E-state index is 12.3. The number of aliphatic carboxylic acids is 1. The molecule has 7 heteroatoms. The molecule has 1 aromatic heterocycles. The summed E-state index contributed by atoms with van der Waals surface area (Å²) in [5.74, 6) is -2.04. The number of thiophene rings is 1. The van der Waals surface area contributed by atoms with Gasteiger partial charge in [0.05, 0.1) is 6.42 Å². The standard InChI is InChI=1S/C14H13F2NO3S/c15-12(16)6-10(14(19)20)17-13(18)5-8-7-21-11-4-2-1-3-9(8)11/h1-4,7,10,12H,5-6H2,(H,17,18)(H,19,20). The SMILES string of the molecule is O=C(Cc1csc2ccccc12)NC(CC(F)F)C(=O)O. The molecule has 1 aromatic carbocycles. The highest BCUT2D eigenvalue weighted by Gasteiger charge is 2.24. The third-order valence-electron chi connectivity index (χ3n) is 2.96. The Kier molecular flexibility index (Phi) is 4.85. The number of fused-ring (bicyclic) bond motifs is 1. The smallest absolute Gasteiger partial charge is 0.326 e. The summed E-state index contributed by atoms with van der Waals surface area (Å²) >= 11 is 1.48. The van der Waals surface area contributed by atoms with Crippen molar-refractivity contribution in [2.24, 2.45) is 0 Å². The molecule has 0 spiro atoms. The first-order valence-electron chi connectivity index (χ1n) is 6.23. The second-order valence-electron chi connectivity index (χ2n) is 4.52. The van der Waals surface area contributed by atoms with Crippen LogP contribution in [0.3, 0.4) is 0 Å². The molecule has 0 aliphatic carbocycles. The minimum absolute atomic E-state index is 0.0307. The van der Waals surface area contributed by atoms with Gasteiger partial charge in [0.25, 0.3) is 0 Å². The summed E-state index contributed by atoms with van der Waals surface area (Å²) in [5.41, 5.74) is 0.759. The molecule has 4 nitrogen and oxygen atoms in total. The molecule has 0 saturated heterocycles. The minimum Gasteiger partial charge on any atom is -0.480 e. The van der Waals surface area contributed by atoms with Crippen LogP contribution in [-0.4, -0.2) is 29.5 Å². The number of halogens is 2. The number of carbonyl (C=O) groups excluding carboxylic acids is 1. The summed E-state index contributed by atoms with van der Waals surface area (Å²) in [6, 6.07) is 5.93. The topological polar surface area (TPSA) is 66.4 Å². The Balaban J connectivity index is 2.05. The van der Waals surface area contributed by atoms with E-state index in [1.807, 2.05) is 29.6 Å². The van der Waals surface area contributed by atoms with Gasteiger partial charge in [0.15, 0.2) is 0 Å². The van der Waals surface area contributed by atoms with E-state index in [9.17, 15) is 18.4 Å². The summed E-state index contributed by atoms with van der Waals surface area (Å²) in [6.07, 6.45) is -3.71. The van der Waals surface area contributed by atoms with Gasteiger partial charge in [-0.25, -0.2) is 13.6 Å².